The van der Waals surface area contributed by atoms with Gasteiger partial charge in [0.15, 0.2) is 0 Å². The molecule has 0 aliphatic rings. The maximum atomic E-state index is 10.8. The molecule has 0 amide bonds. The van der Waals surface area contributed by atoms with Crippen LogP contribution in [-0.4, -0.2) is 21.2 Å². The molecule has 0 heterocycles. The fourth-order valence-electron chi connectivity index (χ4n) is 0.760. The first-order valence-electron chi connectivity index (χ1n) is 4.60. The Balaban J connectivity index is 4.19. The molecule has 0 fully saturated rings. The molecular formula is C11H18O2Si. The Morgan fingerprint density at radius 1 is 1.43 bits per heavy atom. The van der Waals surface area contributed by atoms with Crippen molar-refractivity contribution >= 4 is 14.0 Å². The van der Waals surface area contributed by atoms with Gasteiger partial charge >= 0.3 is 5.97 Å². The molecule has 0 N–H and O–H groups in total. The lowest BCUT2D eigenvalue weighted by Crippen LogP contribution is -2.16. The topological polar surface area (TPSA) is 26.3 Å². The van der Waals surface area contributed by atoms with E-state index in [-0.39, 0.29) is 5.97 Å². The summed E-state index contributed by atoms with van der Waals surface area (Å²) in [5.41, 5.74) is 4.19. The summed E-state index contributed by atoms with van der Waals surface area (Å²) in [5, 5.41) is 0. The third-order valence-corrected chi connectivity index (χ3v) is 2.32. The number of allylic oxidation sites excluding steroid dienone is 1. The quantitative estimate of drug-likeness (QED) is 0.303. The van der Waals surface area contributed by atoms with E-state index in [0.29, 0.717) is 6.42 Å². The fraction of sp³-hybridized carbons (Fsp3) is 0.545. The van der Waals surface area contributed by atoms with Gasteiger partial charge in [0.05, 0.1) is 7.11 Å². The van der Waals surface area contributed by atoms with Crippen molar-refractivity contribution < 1.29 is 9.53 Å². The molecule has 0 saturated heterocycles. The van der Waals surface area contributed by atoms with Crippen molar-refractivity contribution in [1.29, 1.82) is 0 Å². The van der Waals surface area contributed by atoms with E-state index in [1.165, 1.54) is 13.2 Å². The van der Waals surface area contributed by atoms with Gasteiger partial charge in [-0.1, -0.05) is 25.2 Å². The van der Waals surface area contributed by atoms with Crippen LogP contribution in [0.1, 0.15) is 13.3 Å². The largest absolute Gasteiger partial charge is 0.466 e. The number of hydrogen-bond acceptors (Lipinski definition) is 2. The molecule has 0 bridgehead atoms. The van der Waals surface area contributed by atoms with Crippen molar-refractivity contribution in [3.63, 3.8) is 0 Å². The summed E-state index contributed by atoms with van der Waals surface area (Å²) in [4.78, 5) is 10.8. The first-order chi connectivity index (χ1) is 6.35. The predicted molar refractivity (Wildman–Crippen MR) is 61.5 cm³/mol. The maximum absolute atomic E-state index is 10.8. The van der Waals surface area contributed by atoms with Gasteiger partial charge in [0.25, 0.3) is 0 Å². The second-order valence-electron chi connectivity index (χ2n) is 4.24. The molecular weight excluding hydrogens is 192 g/mol. The third-order valence-electron chi connectivity index (χ3n) is 1.40. The molecule has 0 unspecified atom stereocenters. The van der Waals surface area contributed by atoms with Crippen LogP contribution in [0.2, 0.25) is 19.6 Å². The smallest absolute Gasteiger partial charge is 0.330 e. The molecule has 0 spiro atoms. The van der Waals surface area contributed by atoms with Crippen molar-refractivity contribution in [3.05, 3.63) is 11.6 Å². The van der Waals surface area contributed by atoms with Crippen LogP contribution < -0.4 is 0 Å². The van der Waals surface area contributed by atoms with E-state index in [4.69, 9.17) is 0 Å². The first kappa shape index (κ1) is 13.0. The average molecular weight is 210 g/mol. The van der Waals surface area contributed by atoms with Crippen molar-refractivity contribution in [1.82, 2.24) is 0 Å². The summed E-state index contributed by atoms with van der Waals surface area (Å²) >= 11 is 0. The SMILES string of the molecule is COC(=O)/C=C(/C)CC#C[Si](C)(C)C. The van der Waals surface area contributed by atoms with E-state index in [0.717, 1.165) is 5.57 Å². The lowest BCUT2D eigenvalue weighted by atomic mass is 10.2. The van der Waals surface area contributed by atoms with Crippen molar-refractivity contribution in [2.45, 2.75) is 33.0 Å². The minimum atomic E-state index is -1.28. The highest BCUT2D eigenvalue weighted by molar-refractivity contribution is 6.83. The van der Waals surface area contributed by atoms with E-state index >= 15 is 0 Å². The van der Waals surface area contributed by atoms with Crippen LogP contribution in [0.5, 0.6) is 0 Å². The number of rotatable bonds is 2. The number of esters is 1. The highest BCUT2D eigenvalue weighted by Gasteiger charge is 2.07. The van der Waals surface area contributed by atoms with Crippen LogP contribution >= 0.6 is 0 Å². The second-order valence-corrected chi connectivity index (χ2v) is 8.99. The summed E-state index contributed by atoms with van der Waals surface area (Å²) in [5.74, 6) is 2.78. The molecule has 0 rings (SSSR count). The Morgan fingerprint density at radius 3 is 2.43 bits per heavy atom. The molecule has 0 radical (unpaired) electrons. The highest BCUT2D eigenvalue weighted by atomic mass is 28.3. The van der Waals surface area contributed by atoms with Crippen LogP contribution in [0.25, 0.3) is 0 Å². The number of ether oxygens (including phenoxy) is 1. The normalized spacial score (nSPS) is 11.6. The molecule has 78 valence electrons. The molecule has 0 saturated carbocycles. The second kappa shape index (κ2) is 5.66. The Labute approximate surface area is 87.4 Å². The number of methoxy groups -OCH3 is 1. The van der Waals surface area contributed by atoms with E-state index in [1.54, 1.807) is 0 Å². The van der Waals surface area contributed by atoms with E-state index in [9.17, 15) is 4.79 Å². The Kier molecular flexibility index (Phi) is 5.25. The van der Waals surface area contributed by atoms with Crippen molar-refractivity contribution in [2.75, 3.05) is 7.11 Å². The number of carbonyl (C=O) groups excluding carboxylic acids is 1. The summed E-state index contributed by atoms with van der Waals surface area (Å²) in [6.45, 7) is 8.47. The molecule has 0 aromatic heterocycles. The Hall–Kier alpha value is -1.01. The molecule has 0 atom stereocenters. The molecule has 0 aromatic rings. The van der Waals surface area contributed by atoms with Gasteiger partial charge in [-0.2, -0.15) is 0 Å². The molecule has 0 aliphatic carbocycles. The van der Waals surface area contributed by atoms with E-state index in [1.807, 2.05) is 6.92 Å². The minimum absolute atomic E-state index is 0.308. The van der Waals surface area contributed by atoms with E-state index in [2.05, 4.69) is 35.8 Å². The monoisotopic (exact) mass is 210 g/mol. The lowest BCUT2D eigenvalue weighted by molar-refractivity contribution is -0.134. The minimum Gasteiger partial charge on any atom is -0.466 e. The van der Waals surface area contributed by atoms with Crippen molar-refractivity contribution in [2.24, 2.45) is 0 Å². The predicted octanol–water partition coefficient (Wildman–Crippen LogP) is 2.38. The van der Waals surface area contributed by atoms with Gasteiger partial charge in [-0.25, -0.2) is 4.79 Å². The zero-order valence-corrected chi connectivity index (χ0v) is 10.6. The first-order valence-corrected chi connectivity index (χ1v) is 8.10. The van der Waals surface area contributed by atoms with Gasteiger partial charge in [-0.15, -0.1) is 11.5 Å². The van der Waals surface area contributed by atoms with Gasteiger partial charge < -0.3 is 4.74 Å². The maximum Gasteiger partial charge on any atom is 0.330 e. The standard InChI is InChI=1S/C11H18O2Si/c1-10(9-11(12)13-2)7-6-8-14(3,4)5/h9H,7H2,1-5H3/b10-9-. The van der Waals surface area contributed by atoms with Crippen LogP contribution in [-0.2, 0) is 9.53 Å². The summed E-state index contributed by atoms with van der Waals surface area (Å²) in [6, 6.07) is 0. The van der Waals surface area contributed by atoms with Gasteiger partial charge in [-0.05, 0) is 6.92 Å². The molecule has 0 aliphatic heterocycles. The third kappa shape index (κ3) is 7.63. The van der Waals surface area contributed by atoms with Crippen LogP contribution in [0.4, 0.5) is 0 Å². The van der Waals surface area contributed by atoms with Gasteiger partial charge in [0.1, 0.15) is 8.07 Å². The zero-order valence-electron chi connectivity index (χ0n) is 9.60. The highest BCUT2D eigenvalue weighted by Crippen LogP contribution is 2.01. The molecule has 0 aromatic carbocycles. The number of hydrogen-bond donors (Lipinski definition) is 0. The fourth-order valence-corrected chi connectivity index (χ4v) is 1.38. The van der Waals surface area contributed by atoms with Crippen molar-refractivity contribution in [3.8, 4) is 11.5 Å². The van der Waals surface area contributed by atoms with Crippen LogP contribution in [0.3, 0.4) is 0 Å². The summed E-state index contributed by atoms with van der Waals surface area (Å²) < 4.78 is 4.51. The average Bonchev–Trinajstić information content (AvgIpc) is 2.01. The summed E-state index contributed by atoms with van der Waals surface area (Å²) in [6.07, 6.45) is 2.14. The molecule has 14 heavy (non-hydrogen) atoms. The lowest BCUT2D eigenvalue weighted by Gasteiger charge is -2.03. The number of carbonyl (C=O) groups is 1. The Morgan fingerprint density at radius 2 is 2.00 bits per heavy atom. The van der Waals surface area contributed by atoms with Gasteiger partial charge in [-0.3, -0.25) is 0 Å². The summed E-state index contributed by atoms with van der Waals surface area (Å²) in [7, 11) is 0.0980. The molecule has 2 nitrogen and oxygen atoms in total. The molecule has 3 heteroatoms. The zero-order chi connectivity index (χ0) is 11.2. The van der Waals surface area contributed by atoms with Crippen LogP contribution in [0, 0.1) is 11.5 Å². The van der Waals surface area contributed by atoms with E-state index < -0.39 is 8.07 Å². The Bertz CT molecular complexity index is 287. The van der Waals surface area contributed by atoms with Crippen LogP contribution in [0.15, 0.2) is 11.6 Å². The van der Waals surface area contributed by atoms with Gasteiger partial charge in [0, 0.05) is 12.5 Å². The van der Waals surface area contributed by atoms with Gasteiger partial charge in [0.2, 0.25) is 0 Å².